The van der Waals surface area contributed by atoms with Gasteiger partial charge in [-0.05, 0) is 38.1 Å². The molecule has 84 valence electrons. The Kier molecular flexibility index (Phi) is 4.39. The summed E-state index contributed by atoms with van der Waals surface area (Å²) in [6.45, 7) is 8.82. The summed E-state index contributed by atoms with van der Waals surface area (Å²) < 4.78 is 0. The summed E-state index contributed by atoms with van der Waals surface area (Å²) in [6, 6.07) is 0. The zero-order valence-corrected chi connectivity index (χ0v) is 9.97. The third-order valence-corrected chi connectivity index (χ3v) is 3.60. The first-order valence-electron chi connectivity index (χ1n) is 6.09. The maximum absolute atomic E-state index is 6.23. The smallest absolute Gasteiger partial charge is 0.0280 e. The molecule has 1 unspecified atom stereocenters. The molecular weight excluding hydrogens is 172 g/mol. The van der Waals surface area contributed by atoms with Crippen LogP contribution in [0.25, 0.3) is 0 Å². The minimum Gasteiger partial charge on any atom is -0.324 e. The predicted molar refractivity (Wildman–Crippen MR) is 62.3 cm³/mol. The Hall–Kier alpha value is -0.0800. The molecule has 2 nitrogen and oxygen atoms in total. The molecule has 0 aliphatic heterocycles. The molecule has 0 radical (unpaired) electrons. The monoisotopic (exact) mass is 198 g/mol. The van der Waals surface area contributed by atoms with Crippen LogP contribution in [0.2, 0.25) is 0 Å². The Bertz CT molecular complexity index is 158. The van der Waals surface area contributed by atoms with Gasteiger partial charge in [0.1, 0.15) is 0 Å². The second-order valence-electron chi connectivity index (χ2n) is 5.09. The van der Waals surface area contributed by atoms with Crippen LogP contribution in [0.3, 0.4) is 0 Å². The van der Waals surface area contributed by atoms with Crippen molar-refractivity contribution in [3.63, 3.8) is 0 Å². The first-order chi connectivity index (χ1) is 6.60. The number of rotatable bonds is 7. The molecule has 0 aromatic rings. The minimum absolute atomic E-state index is 0.0338. The molecule has 2 heteroatoms. The standard InChI is InChI=1S/C12H26N2/c1-4-10(5-2)8-14-9-12(3,13)11-6-7-11/h10-11,14H,4-9,13H2,1-3H3. The lowest BCUT2D eigenvalue weighted by Crippen LogP contribution is -2.48. The van der Waals surface area contributed by atoms with Gasteiger partial charge in [-0.2, -0.15) is 0 Å². The zero-order valence-electron chi connectivity index (χ0n) is 9.97. The van der Waals surface area contributed by atoms with Gasteiger partial charge in [0.25, 0.3) is 0 Å². The van der Waals surface area contributed by atoms with Crippen molar-refractivity contribution in [2.45, 2.75) is 52.0 Å². The molecule has 0 aromatic heterocycles. The Morgan fingerprint density at radius 2 is 1.93 bits per heavy atom. The van der Waals surface area contributed by atoms with Gasteiger partial charge in [0, 0.05) is 12.1 Å². The highest BCUT2D eigenvalue weighted by atomic mass is 14.9. The van der Waals surface area contributed by atoms with E-state index in [1.165, 1.54) is 25.7 Å². The molecule has 1 saturated carbocycles. The van der Waals surface area contributed by atoms with Crippen LogP contribution in [0.15, 0.2) is 0 Å². The van der Waals surface area contributed by atoms with Crippen molar-refractivity contribution in [1.29, 1.82) is 0 Å². The summed E-state index contributed by atoms with van der Waals surface area (Å²) in [5.74, 6) is 1.60. The van der Waals surface area contributed by atoms with E-state index in [0.29, 0.717) is 0 Å². The fourth-order valence-corrected chi connectivity index (χ4v) is 2.01. The van der Waals surface area contributed by atoms with E-state index in [-0.39, 0.29) is 5.54 Å². The fraction of sp³-hybridized carbons (Fsp3) is 1.00. The summed E-state index contributed by atoms with van der Waals surface area (Å²) in [7, 11) is 0. The molecule has 3 N–H and O–H groups in total. The van der Waals surface area contributed by atoms with Crippen LogP contribution in [-0.2, 0) is 0 Å². The summed E-state index contributed by atoms with van der Waals surface area (Å²) in [6.07, 6.45) is 5.21. The van der Waals surface area contributed by atoms with E-state index >= 15 is 0 Å². The zero-order chi connectivity index (χ0) is 10.6. The second-order valence-corrected chi connectivity index (χ2v) is 5.09. The van der Waals surface area contributed by atoms with E-state index in [9.17, 15) is 0 Å². The van der Waals surface area contributed by atoms with Crippen LogP contribution in [0.5, 0.6) is 0 Å². The van der Waals surface area contributed by atoms with Crippen LogP contribution >= 0.6 is 0 Å². The molecule has 0 amide bonds. The Morgan fingerprint density at radius 1 is 1.36 bits per heavy atom. The van der Waals surface area contributed by atoms with Gasteiger partial charge < -0.3 is 11.1 Å². The van der Waals surface area contributed by atoms with Gasteiger partial charge in [0.15, 0.2) is 0 Å². The maximum atomic E-state index is 6.23. The van der Waals surface area contributed by atoms with Crippen molar-refractivity contribution in [3.8, 4) is 0 Å². The highest BCUT2D eigenvalue weighted by Gasteiger charge is 2.37. The lowest BCUT2D eigenvalue weighted by molar-refractivity contribution is 0.355. The van der Waals surface area contributed by atoms with Gasteiger partial charge >= 0.3 is 0 Å². The molecule has 0 bridgehead atoms. The Labute approximate surface area is 88.6 Å². The largest absolute Gasteiger partial charge is 0.324 e. The third-order valence-electron chi connectivity index (χ3n) is 3.60. The molecular formula is C12H26N2. The highest BCUT2D eigenvalue weighted by molar-refractivity contribution is 4.96. The lowest BCUT2D eigenvalue weighted by atomic mass is 9.96. The predicted octanol–water partition coefficient (Wildman–Crippen LogP) is 2.14. The van der Waals surface area contributed by atoms with Crippen molar-refractivity contribution in [2.75, 3.05) is 13.1 Å². The molecule has 0 aromatic carbocycles. The summed E-state index contributed by atoms with van der Waals surface area (Å²) in [5.41, 5.74) is 6.26. The van der Waals surface area contributed by atoms with E-state index in [2.05, 4.69) is 26.1 Å². The lowest BCUT2D eigenvalue weighted by Gasteiger charge is -2.26. The van der Waals surface area contributed by atoms with Gasteiger partial charge in [-0.3, -0.25) is 0 Å². The van der Waals surface area contributed by atoms with Crippen molar-refractivity contribution in [3.05, 3.63) is 0 Å². The number of hydrogen-bond acceptors (Lipinski definition) is 2. The molecule has 14 heavy (non-hydrogen) atoms. The summed E-state index contributed by atoms with van der Waals surface area (Å²) in [4.78, 5) is 0. The molecule has 1 aliphatic carbocycles. The highest BCUT2D eigenvalue weighted by Crippen LogP contribution is 2.37. The van der Waals surface area contributed by atoms with Crippen LogP contribution in [0.4, 0.5) is 0 Å². The van der Waals surface area contributed by atoms with E-state index in [4.69, 9.17) is 5.73 Å². The average molecular weight is 198 g/mol. The molecule has 1 fully saturated rings. The molecule has 0 heterocycles. The van der Waals surface area contributed by atoms with Gasteiger partial charge in [-0.25, -0.2) is 0 Å². The SMILES string of the molecule is CCC(CC)CNCC(C)(N)C1CC1. The second kappa shape index (κ2) is 5.13. The fourth-order valence-electron chi connectivity index (χ4n) is 2.01. The quantitative estimate of drug-likeness (QED) is 0.658. The van der Waals surface area contributed by atoms with Gasteiger partial charge in [-0.15, -0.1) is 0 Å². The van der Waals surface area contributed by atoms with E-state index in [1.54, 1.807) is 0 Å². The molecule has 1 atom stereocenters. The topological polar surface area (TPSA) is 38.0 Å². The van der Waals surface area contributed by atoms with E-state index in [1.807, 2.05) is 0 Å². The Balaban J connectivity index is 2.13. The van der Waals surface area contributed by atoms with Crippen molar-refractivity contribution in [1.82, 2.24) is 5.32 Å². The first kappa shape index (κ1) is 12.0. The van der Waals surface area contributed by atoms with Crippen LogP contribution in [0.1, 0.15) is 46.5 Å². The normalized spacial score (nSPS) is 21.2. The minimum atomic E-state index is 0.0338. The number of hydrogen-bond donors (Lipinski definition) is 2. The summed E-state index contributed by atoms with van der Waals surface area (Å²) in [5, 5.41) is 3.52. The van der Waals surface area contributed by atoms with E-state index < -0.39 is 0 Å². The number of nitrogens with one attached hydrogen (secondary N) is 1. The maximum Gasteiger partial charge on any atom is 0.0280 e. The molecule has 0 saturated heterocycles. The van der Waals surface area contributed by atoms with E-state index in [0.717, 1.165) is 24.9 Å². The van der Waals surface area contributed by atoms with Gasteiger partial charge in [-0.1, -0.05) is 26.7 Å². The van der Waals surface area contributed by atoms with Gasteiger partial charge in [0.2, 0.25) is 0 Å². The van der Waals surface area contributed by atoms with Gasteiger partial charge in [0.05, 0.1) is 0 Å². The first-order valence-corrected chi connectivity index (χ1v) is 6.09. The summed E-state index contributed by atoms with van der Waals surface area (Å²) >= 11 is 0. The van der Waals surface area contributed by atoms with Crippen molar-refractivity contribution < 1.29 is 0 Å². The molecule has 1 aliphatic rings. The molecule has 1 rings (SSSR count). The average Bonchev–Trinajstić information content (AvgIpc) is 2.95. The van der Waals surface area contributed by atoms with Crippen LogP contribution < -0.4 is 11.1 Å². The van der Waals surface area contributed by atoms with Crippen LogP contribution in [0, 0.1) is 11.8 Å². The number of nitrogens with two attached hydrogens (primary N) is 1. The van der Waals surface area contributed by atoms with Crippen molar-refractivity contribution >= 4 is 0 Å². The van der Waals surface area contributed by atoms with Crippen LogP contribution in [-0.4, -0.2) is 18.6 Å². The third kappa shape index (κ3) is 3.58. The Morgan fingerprint density at radius 3 is 2.36 bits per heavy atom. The van der Waals surface area contributed by atoms with Crippen molar-refractivity contribution in [2.24, 2.45) is 17.6 Å². The molecule has 0 spiro atoms.